The lowest BCUT2D eigenvalue weighted by molar-refractivity contribution is 0.0689. The number of hydrogen-bond donors (Lipinski definition) is 0. The fourth-order valence-corrected chi connectivity index (χ4v) is 2.73. The average Bonchev–Trinajstić information content (AvgIpc) is 3.04. The van der Waals surface area contributed by atoms with Gasteiger partial charge in [-0.15, -0.1) is 0 Å². The molecule has 0 unspecified atom stereocenters. The van der Waals surface area contributed by atoms with Crippen LogP contribution >= 0.6 is 0 Å². The Kier molecular flexibility index (Phi) is 6.55. The Labute approximate surface area is 144 Å². The van der Waals surface area contributed by atoms with Crippen LogP contribution in [-0.2, 0) is 13.1 Å². The van der Waals surface area contributed by atoms with Gasteiger partial charge in [0.1, 0.15) is 0 Å². The highest BCUT2D eigenvalue weighted by molar-refractivity contribution is 5.92. The molecule has 0 saturated heterocycles. The van der Waals surface area contributed by atoms with Gasteiger partial charge in [0.05, 0.1) is 6.54 Å². The third-order valence-corrected chi connectivity index (χ3v) is 4.22. The van der Waals surface area contributed by atoms with Crippen LogP contribution in [0.5, 0.6) is 0 Å². The van der Waals surface area contributed by atoms with E-state index in [1.807, 2.05) is 37.1 Å². The van der Waals surface area contributed by atoms with Gasteiger partial charge in [-0.05, 0) is 32.9 Å². The molecule has 0 fully saturated rings. The van der Waals surface area contributed by atoms with Crippen molar-refractivity contribution in [1.29, 1.82) is 0 Å². The highest BCUT2D eigenvalue weighted by atomic mass is 16.5. The molecule has 5 heteroatoms. The van der Waals surface area contributed by atoms with Gasteiger partial charge in [0.2, 0.25) is 0 Å². The fourth-order valence-electron chi connectivity index (χ4n) is 2.73. The van der Waals surface area contributed by atoms with E-state index in [1.165, 1.54) is 5.56 Å². The van der Waals surface area contributed by atoms with E-state index in [4.69, 9.17) is 4.52 Å². The largest absolute Gasteiger partial charge is 0.359 e. The van der Waals surface area contributed by atoms with Gasteiger partial charge < -0.3 is 9.42 Å². The molecule has 2 rings (SSSR count). The van der Waals surface area contributed by atoms with Crippen LogP contribution in [0.3, 0.4) is 0 Å². The number of carbonyl (C=O) groups excluding carboxylic acids is 1. The van der Waals surface area contributed by atoms with E-state index in [-0.39, 0.29) is 11.9 Å². The Morgan fingerprint density at radius 3 is 2.54 bits per heavy atom. The summed E-state index contributed by atoms with van der Waals surface area (Å²) >= 11 is 0. The Morgan fingerprint density at radius 1 is 1.21 bits per heavy atom. The molecule has 130 valence electrons. The number of aromatic nitrogens is 1. The molecule has 1 atom stereocenters. The normalized spacial score (nSPS) is 12.4. The zero-order valence-corrected chi connectivity index (χ0v) is 15.0. The second-order valence-electron chi connectivity index (χ2n) is 6.18. The molecule has 1 heterocycles. The van der Waals surface area contributed by atoms with Crippen LogP contribution in [0.25, 0.3) is 0 Å². The minimum atomic E-state index is -0.0624. The number of hydrogen-bond acceptors (Lipinski definition) is 4. The number of rotatable bonds is 8. The summed E-state index contributed by atoms with van der Waals surface area (Å²) in [6, 6.07) is 12.2. The summed E-state index contributed by atoms with van der Waals surface area (Å²) in [5, 5.41) is 3.97. The zero-order valence-electron chi connectivity index (χ0n) is 15.0. The summed E-state index contributed by atoms with van der Waals surface area (Å²) in [7, 11) is 2.02. The number of amides is 1. The van der Waals surface area contributed by atoms with E-state index < -0.39 is 0 Å². The zero-order chi connectivity index (χ0) is 17.5. The van der Waals surface area contributed by atoms with Crippen molar-refractivity contribution in [2.24, 2.45) is 0 Å². The lowest BCUT2D eigenvalue weighted by atomic mass is 10.2. The van der Waals surface area contributed by atoms with Crippen molar-refractivity contribution < 1.29 is 9.32 Å². The summed E-state index contributed by atoms with van der Waals surface area (Å²) < 4.78 is 5.36. The molecule has 0 aliphatic carbocycles. The number of carbonyl (C=O) groups is 1. The fraction of sp³-hybridized carbons (Fsp3) is 0.474. The van der Waals surface area contributed by atoms with Gasteiger partial charge in [0, 0.05) is 25.2 Å². The third-order valence-electron chi connectivity index (χ3n) is 4.22. The molecule has 0 radical (unpaired) electrons. The first-order valence-electron chi connectivity index (χ1n) is 8.54. The Balaban J connectivity index is 1.98. The summed E-state index contributed by atoms with van der Waals surface area (Å²) in [4.78, 5) is 16.5. The van der Waals surface area contributed by atoms with Crippen LogP contribution in [0.2, 0.25) is 0 Å². The first-order valence-corrected chi connectivity index (χ1v) is 8.54. The monoisotopic (exact) mass is 329 g/mol. The Hall–Kier alpha value is -2.14. The van der Waals surface area contributed by atoms with Crippen LogP contribution < -0.4 is 0 Å². The van der Waals surface area contributed by atoms with Crippen molar-refractivity contribution in [2.45, 2.75) is 46.3 Å². The summed E-state index contributed by atoms with van der Waals surface area (Å²) in [6.45, 7) is 8.22. The highest BCUT2D eigenvalue weighted by Gasteiger charge is 2.22. The van der Waals surface area contributed by atoms with Gasteiger partial charge in [0.15, 0.2) is 11.5 Å². The van der Waals surface area contributed by atoms with Crippen molar-refractivity contribution >= 4 is 5.91 Å². The average molecular weight is 329 g/mol. The molecule has 24 heavy (non-hydrogen) atoms. The molecule has 0 N–H and O–H groups in total. The molecular formula is C19H27N3O2. The molecule has 0 aliphatic rings. The Morgan fingerprint density at radius 2 is 1.92 bits per heavy atom. The van der Waals surface area contributed by atoms with Crippen LogP contribution in [0.4, 0.5) is 0 Å². The lowest BCUT2D eigenvalue weighted by Gasteiger charge is -2.26. The second kappa shape index (κ2) is 8.64. The molecule has 0 saturated carbocycles. The van der Waals surface area contributed by atoms with Crippen molar-refractivity contribution in [3.63, 3.8) is 0 Å². The standard InChI is InChI=1S/C19H27N3O2/c1-5-15(3)22(6-2)19(23)18-12-17(24-20-18)14-21(4)13-16-10-8-7-9-11-16/h7-12,15H,5-6,13-14H2,1-4H3/t15-/m1/s1. The maximum Gasteiger partial charge on any atom is 0.276 e. The maximum atomic E-state index is 12.6. The molecule has 0 spiro atoms. The van der Waals surface area contributed by atoms with E-state index in [1.54, 1.807) is 6.07 Å². The third kappa shape index (κ3) is 4.68. The quantitative estimate of drug-likeness (QED) is 0.743. The molecule has 1 amide bonds. The van der Waals surface area contributed by atoms with Gasteiger partial charge in [0.25, 0.3) is 5.91 Å². The summed E-state index contributed by atoms with van der Waals surface area (Å²) in [5.41, 5.74) is 1.63. The molecule has 0 aliphatic heterocycles. The van der Waals surface area contributed by atoms with Gasteiger partial charge in [-0.1, -0.05) is 42.4 Å². The Bertz CT molecular complexity index is 639. The molecule has 5 nitrogen and oxygen atoms in total. The van der Waals surface area contributed by atoms with Gasteiger partial charge in [-0.2, -0.15) is 0 Å². The topological polar surface area (TPSA) is 49.6 Å². The van der Waals surface area contributed by atoms with Crippen LogP contribution in [0.15, 0.2) is 40.9 Å². The van der Waals surface area contributed by atoms with E-state index >= 15 is 0 Å². The van der Waals surface area contributed by atoms with Crippen LogP contribution in [0.1, 0.15) is 49.0 Å². The van der Waals surface area contributed by atoms with E-state index in [9.17, 15) is 4.79 Å². The van der Waals surface area contributed by atoms with E-state index in [0.717, 1.165) is 13.0 Å². The molecule has 0 bridgehead atoms. The van der Waals surface area contributed by atoms with Gasteiger partial charge in [-0.25, -0.2) is 0 Å². The minimum Gasteiger partial charge on any atom is -0.359 e. The first kappa shape index (κ1) is 18.2. The predicted octanol–water partition coefficient (Wildman–Crippen LogP) is 3.57. The summed E-state index contributed by atoms with van der Waals surface area (Å²) in [5.74, 6) is 0.643. The summed E-state index contributed by atoms with van der Waals surface area (Å²) in [6.07, 6.45) is 0.921. The highest BCUT2D eigenvalue weighted by Crippen LogP contribution is 2.13. The smallest absolute Gasteiger partial charge is 0.276 e. The number of nitrogens with zero attached hydrogens (tertiary/aromatic N) is 3. The maximum absolute atomic E-state index is 12.6. The minimum absolute atomic E-state index is 0.0624. The van der Waals surface area contributed by atoms with Crippen LogP contribution in [-0.4, -0.2) is 40.5 Å². The van der Waals surface area contributed by atoms with Crippen molar-refractivity contribution in [1.82, 2.24) is 15.0 Å². The van der Waals surface area contributed by atoms with Gasteiger partial charge >= 0.3 is 0 Å². The van der Waals surface area contributed by atoms with Crippen molar-refractivity contribution in [3.8, 4) is 0 Å². The van der Waals surface area contributed by atoms with Crippen molar-refractivity contribution in [3.05, 3.63) is 53.4 Å². The predicted molar refractivity (Wildman–Crippen MR) is 94.6 cm³/mol. The first-order chi connectivity index (χ1) is 11.5. The van der Waals surface area contributed by atoms with E-state index in [2.05, 4.69) is 36.0 Å². The second-order valence-corrected chi connectivity index (χ2v) is 6.18. The molecule has 1 aromatic heterocycles. The molecular weight excluding hydrogens is 302 g/mol. The van der Waals surface area contributed by atoms with Crippen molar-refractivity contribution in [2.75, 3.05) is 13.6 Å². The van der Waals surface area contributed by atoms with E-state index in [0.29, 0.717) is 24.5 Å². The van der Waals surface area contributed by atoms with Crippen LogP contribution in [0, 0.1) is 0 Å². The van der Waals surface area contributed by atoms with Gasteiger partial charge in [-0.3, -0.25) is 9.69 Å². The molecule has 1 aromatic carbocycles. The molecule has 2 aromatic rings. The SMILES string of the molecule is CC[C@@H](C)N(CC)C(=O)c1cc(CN(C)Cc2ccccc2)on1. The number of benzene rings is 1. The lowest BCUT2D eigenvalue weighted by Crippen LogP contribution is -2.38.